The quantitative estimate of drug-likeness (QED) is 0.855. The van der Waals surface area contributed by atoms with Crippen LogP contribution in [0.3, 0.4) is 0 Å². The van der Waals surface area contributed by atoms with Crippen molar-refractivity contribution in [2.24, 2.45) is 0 Å². The van der Waals surface area contributed by atoms with Gasteiger partial charge in [0.15, 0.2) is 5.43 Å². The third-order valence-electron chi connectivity index (χ3n) is 3.25. The van der Waals surface area contributed by atoms with Crippen molar-refractivity contribution >= 4 is 10.9 Å². The number of aryl methyl sites for hydroxylation is 1. The number of para-hydroxylation sites is 1. The molecule has 0 saturated heterocycles. The highest BCUT2D eigenvalue weighted by atomic mass is 16.1. The van der Waals surface area contributed by atoms with Crippen molar-refractivity contribution < 1.29 is 0 Å². The second kappa shape index (κ2) is 4.60. The number of nitrogens with one attached hydrogen (secondary N) is 1. The van der Waals surface area contributed by atoms with Crippen LogP contribution in [-0.2, 0) is 11.8 Å². The number of benzene rings is 1. The lowest BCUT2D eigenvalue weighted by atomic mass is 9.85. The fourth-order valence-corrected chi connectivity index (χ4v) is 2.35. The van der Waals surface area contributed by atoms with E-state index in [2.05, 4.69) is 38.7 Å². The molecule has 96 valence electrons. The van der Waals surface area contributed by atoms with E-state index < -0.39 is 0 Å². The van der Waals surface area contributed by atoms with E-state index in [0.29, 0.717) is 0 Å². The number of pyridine rings is 1. The molecule has 0 fully saturated rings. The Labute approximate surface area is 108 Å². The van der Waals surface area contributed by atoms with Crippen LogP contribution in [0.5, 0.6) is 0 Å². The first-order valence-corrected chi connectivity index (χ1v) is 6.59. The van der Waals surface area contributed by atoms with Gasteiger partial charge in [-0.05, 0) is 23.5 Å². The molecule has 0 atom stereocenters. The van der Waals surface area contributed by atoms with Crippen molar-refractivity contribution in [3.63, 3.8) is 0 Å². The Morgan fingerprint density at radius 1 is 1.22 bits per heavy atom. The summed E-state index contributed by atoms with van der Waals surface area (Å²) in [5.41, 5.74) is 3.40. The summed E-state index contributed by atoms with van der Waals surface area (Å²) in [6.45, 7) is 8.64. The van der Waals surface area contributed by atoms with Crippen LogP contribution in [0.1, 0.15) is 45.4 Å². The zero-order valence-corrected chi connectivity index (χ0v) is 11.6. The van der Waals surface area contributed by atoms with E-state index in [-0.39, 0.29) is 10.8 Å². The second-order valence-electron chi connectivity index (χ2n) is 5.89. The SMILES string of the molecule is CCCc1cc(=O)c2cccc(C(C)(C)C)c2[nH]1. The number of rotatable bonds is 2. The maximum Gasteiger partial charge on any atom is 0.189 e. The Hall–Kier alpha value is -1.57. The van der Waals surface area contributed by atoms with Crippen molar-refractivity contribution in [3.8, 4) is 0 Å². The van der Waals surface area contributed by atoms with Crippen LogP contribution in [0.25, 0.3) is 10.9 Å². The number of fused-ring (bicyclic) bond motifs is 1. The van der Waals surface area contributed by atoms with E-state index in [0.717, 1.165) is 29.4 Å². The highest BCUT2D eigenvalue weighted by molar-refractivity contribution is 5.82. The second-order valence-corrected chi connectivity index (χ2v) is 5.89. The molecule has 0 aliphatic rings. The summed E-state index contributed by atoms with van der Waals surface area (Å²) < 4.78 is 0. The monoisotopic (exact) mass is 243 g/mol. The zero-order valence-electron chi connectivity index (χ0n) is 11.6. The van der Waals surface area contributed by atoms with Crippen molar-refractivity contribution in [2.75, 3.05) is 0 Å². The number of aromatic nitrogens is 1. The summed E-state index contributed by atoms with van der Waals surface area (Å²) >= 11 is 0. The van der Waals surface area contributed by atoms with Gasteiger partial charge in [-0.3, -0.25) is 4.79 Å². The first-order valence-electron chi connectivity index (χ1n) is 6.59. The van der Waals surface area contributed by atoms with Gasteiger partial charge in [0, 0.05) is 17.1 Å². The van der Waals surface area contributed by atoms with Crippen molar-refractivity contribution in [2.45, 2.75) is 46.0 Å². The number of hydrogen-bond acceptors (Lipinski definition) is 1. The van der Waals surface area contributed by atoms with E-state index in [9.17, 15) is 4.79 Å². The zero-order chi connectivity index (χ0) is 13.3. The molecule has 1 N–H and O–H groups in total. The summed E-state index contributed by atoms with van der Waals surface area (Å²) in [5.74, 6) is 0. The first-order chi connectivity index (χ1) is 8.43. The van der Waals surface area contributed by atoms with E-state index >= 15 is 0 Å². The summed E-state index contributed by atoms with van der Waals surface area (Å²) in [7, 11) is 0. The minimum atomic E-state index is 0.0350. The molecule has 0 aliphatic carbocycles. The average molecular weight is 243 g/mol. The molecular formula is C16H21NO. The minimum Gasteiger partial charge on any atom is -0.358 e. The highest BCUT2D eigenvalue weighted by Crippen LogP contribution is 2.27. The number of H-pyrrole nitrogens is 1. The van der Waals surface area contributed by atoms with E-state index in [4.69, 9.17) is 0 Å². The highest BCUT2D eigenvalue weighted by Gasteiger charge is 2.18. The largest absolute Gasteiger partial charge is 0.358 e. The molecule has 2 aromatic rings. The van der Waals surface area contributed by atoms with E-state index in [1.165, 1.54) is 5.56 Å². The van der Waals surface area contributed by atoms with Gasteiger partial charge < -0.3 is 4.98 Å². The van der Waals surface area contributed by atoms with Gasteiger partial charge in [-0.15, -0.1) is 0 Å². The lowest BCUT2D eigenvalue weighted by molar-refractivity contribution is 0.594. The summed E-state index contributed by atoms with van der Waals surface area (Å²) in [4.78, 5) is 15.6. The number of aromatic amines is 1. The van der Waals surface area contributed by atoms with Gasteiger partial charge in [-0.2, -0.15) is 0 Å². The van der Waals surface area contributed by atoms with Gasteiger partial charge in [0.05, 0.1) is 5.52 Å². The lowest BCUT2D eigenvalue weighted by Crippen LogP contribution is -2.15. The maximum absolute atomic E-state index is 12.1. The van der Waals surface area contributed by atoms with Crippen molar-refractivity contribution in [3.05, 3.63) is 45.7 Å². The van der Waals surface area contributed by atoms with Crippen LogP contribution < -0.4 is 5.43 Å². The van der Waals surface area contributed by atoms with E-state index in [1.807, 2.05) is 12.1 Å². The molecule has 18 heavy (non-hydrogen) atoms. The molecule has 1 aromatic heterocycles. The van der Waals surface area contributed by atoms with Gasteiger partial charge in [-0.1, -0.05) is 46.2 Å². The standard InChI is InChI=1S/C16H21NO/c1-5-7-11-10-14(18)12-8-6-9-13(15(12)17-11)16(2,3)4/h6,8-10H,5,7H2,1-4H3,(H,17,18). The third kappa shape index (κ3) is 2.33. The molecule has 0 saturated carbocycles. The molecule has 1 aromatic carbocycles. The Morgan fingerprint density at radius 3 is 2.56 bits per heavy atom. The van der Waals surface area contributed by atoms with Crippen molar-refractivity contribution in [1.29, 1.82) is 0 Å². The third-order valence-corrected chi connectivity index (χ3v) is 3.25. The fraction of sp³-hybridized carbons (Fsp3) is 0.438. The first kappa shape index (κ1) is 12.9. The van der Waals surface area contributed by atoms with Gasteiger partial charge in [0.1, 0.15) is 0 Å². The predicted molar refractivity (Wildman–Crippen MR) is 77.3 cm³/mol. The molecule has 2 nitrogen and oxygen atoms in total. The Morgan fingerprint density at radius 2 is 1.94 bits per heavy atom. The van der Waals surface area contributed by atoms with Gasteiger partial charge >= 0.3 is 0 Å². The average Bonchev–Trinajstić information content (AvgIpc) is 2.27. The summed E-state index contributed by atoms with van der Waals surface area (Å²) in [6.07, 6.45) is 1.96. The number of hydrogen-bond donors (Lipinski definition) is 1. The molecule has 1 heterocycles. The maximum atomic E-state index is 12.1. The molecule has 0 radical (unpaired) electrons. The van der Waals surface area contributed by atoms with Crippen LogP contribution in [0, 0.1) is 0 Å². The minimum absolute atomic E-state index is 0.0350. The van der Waals surface area contributed by atoms with Crippen LogP contribution in [-0.4, -0.2) is 4.98 Å². The normalized spacial score (nSPS) is 12.0. The Balaban J connectivity index is 2.78. The molecule has 2 rings (SSSR count). The summed E-state index contributed by atoms with van der Waals surface area (Å²) in [5, 5.41) is 0.794. The van der Waals surface area contributed by atoms with E-state index in [1.54, 1.807) is 6.07 Å². The lowest BCUT2D eigenvalue weighted by Gasteiger charge is -2.21. The molecular weight excluding hydrogens is 222 g/mol. The summed E-state index contributed by atoms with van der Waals surface area (Å²) in [6, 6.07) is 7.71. The van der Waals surface area contributed by atoms with Gasteiger partial charge in [0.2, 0.25) is 0 Å². The fourth-order valence-electron chi connectivity index (χ4n) is 2.35. The van der Waals surface area contributed by atoms with Crippen LogP contribution in [0.4, 0.5) is 0 Å². The molecule has 0 amide bonds. The van der Waals surface area contributed by atoms with Gasteiger partial charge in [0.25, 0.3) is 0 Å². The topological polar surface area (TPSA) is 32.9 Å². The van der Waals surface area contributed by atoms with Crippen LogP contribution in [0.15, 0.2) is 29.1 Å². The molecule has 0 aliphatic heterocycles. The molecule has 0 unspecified atom stereocenters. The van der Waals surface area contributed by atoms with Crippen LogP contribution >= 0.6 is 0 Å². The molecule has 2 heteroatoms. The van der Waals surface area contributed by atoms with Crippen LogP contribution in [0.2, 0.25) is 0 Å². The Bertz CT molecular complexity index is 617. The smallest absolute Gasteiger partial charge is 0.189 e. The van der Waals surface area contributed by atoms with Gasteiger partial charge in [-0.25, -0.2) is 0 Å². The molecule has 0 spiro atoms. The molecule has 0 bridgehead atoms. The predicted octanol–water partition coefficient (Wildman–Crippen LogP) is 3.78. The van der Waals surface area contributed by atoms with Crippen molar-refractivity contribution in [1.82, 2.24) is 4.98 Å². The Kier molecular flexibility index (Phi) is 3.29.